The summed E-state index contributed by atoms with van der Waals surface area (Å²) in [6.07, 6.45) is 3.82. The lowest BCUT2D eigenvalue weighted by Gasteiger charge is -2.36. The van der Waals surface area contributed by atoms with E-state index in [1.165, 1.54) is 5.69 Å². The van der Waals surface area contributed by atoms with Crippen molar-refractivity contribution in [3.8, 4) is 6.07 Å². The second kappa shape index (κ2) is 10.4. The number of carbonyl (C=O) groups excluding carboxylic acids is 1. The number of anilines is 3. The largest absolute Gasteiger partial charge is 0.399 e. The molecule has 0 spiro atoms. The van der Waals surface area contributed by atoms with Crippen molar-refractivity contribution in [1.29, 1.82) is 5.26 Å². The van der Waals surface area contributed by atoms with Gasteiger partial charge in [-0.2, -0.15) is 5.26 Å². The highest BCUT2D eigenvalue weighted by Crippen LogP contribution is 2.26. The maximum atomic E-state index is 12.6. The number of nitrogens with two attached hydrogens (primary N) is 1. The molecule has 7 heteroatoms. The molecule has 2 aromatic carbocycles. The number of nitrogen functional groups attached to an aromatic ring is 1. The van der Waals surface area contributed by atoms with Gasteiger partial charge in [0.25, 0.3) is 0 Å². The predicted molar refractivity (Wildman–Crippen MR) is 126 cm³/mol. The van der Waals surface area contributed by atoms with Gasteiger partial charge in [-0.15, -0.1) is 0 Å². The van der Waals surface area contributed by atoms with Gasteiger partial charge in [0.15, 0.2) is 0 Å². The first-order valence-electron chi connectivity index (χ1n) is 11.4. The predicted octanol–water partition coefficient (Wildman–Crippen LogP) is 3.23. The van der Waals surface area contributed by atoms with E-state index < -0.39 is 0 Å². The van der Waals surface area contributed by atoms with Crippen molar-refractivity contribution in [1.82, 2.24) is 4.90 Å². The van der Waals surface area contributed by atoms with Crippen LogP contribution in [-0.2, 0) is 9.53 Å². The zero-order valence-corrected chi connectivity index (χ0v) is 18.4. The van der Waals surface area contributed by atoms with E-state index in [2.05, 4.69) is 28.4 Å². The average molecular weight is 434 g/mol. The topological polar surface area (TPSA) is 94.6 Å². The molecular formula is C25H31N5O2. The van der Waals surface area contributed by atoms with Crippen molar-refractivity contribution < 1.29 is 9.53 Å². The molecule has 1 saturated heterocycles. The molecule has 1 aliphatic carbocycles. The van der Waals surface area contributed by atoms with Crippen LogP contribution >= 0.6 is 0 Å². The monoisotopic (exact) mass is 433 g/mol. The van der Waals surface area contributed by atoms with Gasteiger partial charge in [-0.25, -0.2) is 0 Å². The van der Waals surface area contributed by atoms with Gasteiger partial charge in [0.1, 0.15) is 12.7 Å². The Bertz CT molecular complexity index is 943. The lowest BCUT2D eigenvalue weighted by molar-refractivity contribution is -0.139. The van der Waals surface area contributed by atoms with Crippen LogP contribution in [0.4, 0.5) is 17.1 Å². The van der Waals surface area contributed by atoms with Crippen LogP contribution in [0.3, 0.4) is 0 Å². The normalized spacial score (nSPS) is 21.1. The number of benzene rings is 2. The molecule has 1 heterocycles. The summed E-state index contributed by atoms with van der Waals surface area (Å²) in [7, 11) is 0. The molecule has 168 valence electrons. The zero-order chi connectivity index (χ0) is 22.3. The number of nitrogens with zero attached hydrogens (tertiary/aromatic N) is 3. The van der Waals surface area contributed by atoms with Crippen molar-refractivity contribution in [3.63, 3.8) is 0 Å². The fourth-order valence-electron chi connectivity index (χ4n) is 4.51. The lowest BCUT2D eigenvalue weighted by atomic mass is 9.92. The third kappa shape index (κ3) is 5.51. The number of piperazine rings is 1. The van der Waals surface area contributed by atoms with Crippen LogP contribution < -0.4 is 16.0 Å². The Morgan fingerprint density at radius 2 is 1.78 bits per heavy atom. The summed E-state index contributed by atoms with van der Waals surface area (Å²) in [4.78, 5) is 16.8. The molecule has 2 aliphatic rings. The number of nitrogens with one attached hydrogen (secondary N) is 1. The number of amides is 1. The number of nitriles is 1. The van der Waals surface area contributed by atoms with Crippen LogP contribution in [-0.4, -0.2) is 55.7 Å². The molecule has 0 unspecified atom stereocenters. The number of hydrogen-bond acceptors (Lipinski definition) is 6. The highest BCUT2D eigenvalue weighted by molar-refractivity contribution is 5.77. The Hall–Kier alpha value is -3.24. The fraction of sp³-hybridized carbons (Fsp3) is 0.440. The van der Waals surface area contributed by atoms with Gasteiger partial charge < -0.3 is 25.6 Å². The van der Waals surface area contributed by atoms with E-state index in [9.17, 15) is 10.1 Å². The molecule has 1 amide bonds. The molecule has 3 N–H and O–H groups in total. The second-order valence-electron chi connectivity index (χ2n) is 8.55. The number of rotatable bonds is 6. The third-order valence-electron chi connectivity index (χ3n) is 6.39. The van der Waals surface area contributed by atoms with Crippen LogP contribution in [0.1, 0.15) is 31.2 Å². The number of para-hydroxylation sites is 1. The van der Waals surface area contributed by atoms with Gasteiger partial charge in [0, 0.05) is 43.6 Å². The number of ether oxygens (including phenoxy) is 1. The average Bonchev–Trinajstić information content (AvgIpc) is 2.85. The third-order valence-corrected chi connectivity index (χ3v) is 6.39. The van der Waals surface area contributed by atoms with Gasteiger partial charge >= 0.3 is 0 Å². The first-order chi connectivity index (χ1) is 15.6. The Balaban J connectivity index is 1.17. The minimum Gasteiger partial charge on any atom is -0.399 e. The summed E-state index contributed by atoms with van der Waals surface area (Å²) >= 11 is 0. The van der Waals surface area contributed by atoms with E-state index in [4.69, 9.17) is 10.5 Å². The number of hydrogen-bond donors (Lipinski definition) is 2. The Morgan fingerprint density at radius 3 is 2.47 bits per heavy atom. The fourth-order valence-corrected chi connectivity index (χ4v) is 4.51. The van der Waals surface area contributed by atoms with Crippen LogP contribution in [0.2, 0.25) is 0 Å². The van der Waals surface area contributed by atoms with Crippen LogP contribution in [0, 0.1) is 11.3 Å². The molecular weight excluding hydrogens is 402 g/mol. The van der Waals surface area contributed by atoms with Crippen molar-refractivity contribution >= 4 is 23.0 Å². The first kappa shape index (κ1) is 22.0. The van der Waals surface area contributed by atoms with E-state index in [1.807, 2.05) is 35.2 Å². The quantitative estimate of drug-likeness (QED) is 0.679. The van der Waals surface area contributed by atoms with Crippen molar-refractivity contribution in [2.45, 2.75) is 37.8 Å². The summed E-state index contributed by atoms with van der Waals surface area (Å²) in [6, 6.07) is 18.2. The lowest BCUT2D eigenvalue weighted by Crippen LogP contribution is -2.50. The van der Waals surface area contributed by atoms with E-state index in [-0.39, 0.29) is 18.6 Å². The summed E-state index contributed by atoms with van der Waals surface area (Å²) in [5.74, 6) is 0.0819. The van der Waals surface area contributed by atoms with E-state index >= 15 is 0 Å². The molecule has 1 saturated carbocycles. The van der Waals surface area contributed by atoms with Gasteiger partial charge in [-0.05, 0) is 56.0 Å². The molecule has 0 bridgehead atoms. The maximum absolute atomic E-state index is 12.6. The van der Waals surface area contributed by atoms with Crippen molar-refractivity contribution in [2.75, 3.05) is 48.7 Å². The molecule has 0 atom stereocenters. The van der Waals surface area contributed by atoms with E-state index in [1.54, 1.807) is 6.07 Å². The van der Waals surface area contributed by atoms with Gasteiger partial charge in [-0.3, -0.25) is 4.79 Å². The van der Waals surface area contributed by atoms with Gasteiger partial charge in [-0.1, -0.05) is 18.2 Å². The van der Waals surface area contributed by atoms with Crippen molar-refractivity contribution in [2.24, 2.45) is 0 Å². The molecule has 2 aromatic rings. The minimum atomic E-state index is 0.0819. The molecule has 2 fully saturated rings. The second-order valence-corrected chi connectivity index (χ2v) is 8.55. The summed E-state index contributed by atoms with van der Waals surface area (Å²) < 4.78 is 5.97. The number of carbonyl (C=O) groups is 1. The molecule has 1 aliphatic heterocycles. The SMILES string of the molecule is N#Cc1cc(N)ccc1NC1CCC(OCC(=O)N2CCN(c3ccccc3)CC2)CC1. The van der Waals surface area contributed by atoms with Crippen LogP contribution in [0.25, 0.3) is 0 Å². The van der Waals surface area contributed by atoms with Gasteiger partial charge in [0.05, 0.1) is 17.4 Å². The first-order valence-corrected chi connectivity index (χ1v) is 11.4. The van der Waals surface area contributed by atoms with E-state index in [0.29, 0.717) is 17.3 Å². The molecule has 4 rings (SSSR count). The Morgan fingerprint density at radius 1 is 1.06 bits per heavy atom. The molecule has 0 radical (unpaired) electrons. The zero-order valence-electron chi connectivity index (χ0n) is 18.4. The molecule has 7 nitrogen and oxygen atoms in total. The Labute approximate surface area is 189 Å². The minimum absolute atomic E-state index is 0.0819. The highest BCUT2D eigenvalue weighted by Gasteiger charge is 2.25. The van der Waals surface area contributed by atoms with Crippen LogP contribution in [0.5, 0.6) is 0 Å². The summed E-state index contributed by atoms with van der Waals surface area (Å²) in [5, 5.41) is 12.8. The smallest absolute Gasteiger partial charge is 0.248 e. The van der Waals surface area contributed by atoms with Gasteiger partial charge in [0.2, 0.25) is 5.91 Å². The Kier molecular flexibility index (Phi) is 7.13. The maximum Gasteiger partial charge on any atom is 0.248 e. The standard InChI is InChI=1S/C25H31N5O2/c26-17-19-16-20(27)6-11-24(19)28-21-7-9-23(10-8-21)32-18-25(31)30-14-12-29(13-15-30)22-4-2-1-3-5-22/h1-6,11,16,21,23,28H,7-10,12-15,18,27H2. The van der Waals surface area contributed by atoms with Crippen LogP contribution in [0.15, 0.2) is 48.5 Å². The molecule has 32 heavy (non-hydrogen) atoms. The highest BCUT2D eigenvalue weighted by atomic mass is 16.5. The summed E-state index contributed by atoms with van der Waals surface area (Å²) in [5.41, 5.74) is 8.97. The van der Waals surface area contributed by atoms with Crippen molar-refractivity contribution in [3.05, 3.63) is 54.1 Å². The summed E-state index contributed by atoms with van der Waals surface area (Å²) in [6.45, 7) is 3.32. The van der Waals surface area contributed by atoms with E-state index in [0.717, 1.165) is 57.5 Å². The molecule has 0 aromatic heterocycles.